The summed E-state index contributed by atoms with van der Waals surface area (Å²) >= 11 is 0. The normalized spacial score (nSPS) is 11.5. The van der Waals surface area contributed by atoms with E-state index >= 15 is 0 Å². The summed E-state index contributed by atoms with van der Waals surface area (Å²) in [6.45, 7) is 16.9. The van der Waals surface area contributed by atoms with Crippen LogP contribution in [-0.2, 0) is 0 Å². The van der Waals surface area contributed by atoms with Gasteiger partial charge in [-0.2, -0.15) is 10.5 Å². The quantitative estimate of drug-likeness (QED) is 0.145. The molecule has 0 saturated heterocycles. The molecule has 0 fully saturated rings. The minimum Gasteiger partial charge on any atom is -0.308 e. The Hall–Kier alpha value is -10.1. The highest BCUT2D eigenvalue weighted by Crippen LogP contribution is 2.45. The van der Waals surface area contributed by atoms with E-state index in [2.05, 4.69) is 89.7 Å². The average molecular weight is 977 g/mol. The summed E-state index contributed by atoms with van der Waals surface area (Å²) in [5.41, 5.74) is 11.8. The number of rotatable bonds is 7. The Morgan fingerprint density at radius 2 is 0.613 bits per heavy atom. The maximum absolute atomic E-state index is 11.2. The fraction of sp³-hybridized carbons (Fsp3) is 0.153. The Kier molecular flexibility index (Phi) is 10.8. The van der Waals surface area contributed by atoms with Crippen LogP contribution in [0.1, 0.15) is 63.3 Å². The van der Waals surface area contributed by atoms with Gasteiger partial charge in [0, 0.05) is 49.4 Å². The topological polar surface area (TPSA) is 212 Å². The Morgan fingerprint density at radius 1 is 0.320 bits per heavy atom. The van der Waals surface area contributed by atoms with Crippen molar-refractivity contribution in [3.05, 3.63) is 166 Å². The molecule has 0 saturated carbocycles. The number of aryl methyl sites for hydroxylation is 9. The van der Waals surface area contributed by atoms with E-state index in [1.54, 1.807) is 0 Å². The SMILES string of the molecule is Cc1nc(C)nc(-c2ccc3c(c2)c2cc(-c4nc(C)nc(C)n4)ccc2n3-c2cc(C#N)cc(-n3c4ccc(-c5nc(C)nc(C)n5)cc4c4cc(-c5nc(C)nc(C)n5)ccc43)c2-c2ccc(C#N)cc2C)n1. The Balaban J connectivity index is 1.21. The lowest BCUT2D eigenvalue weighted by Gasteiger charge is -2.22. The molecule has 0 bridgehead atoms. The van der Waals surface area contributed by atoms with E-state index in [4.69, 9.17) is 39.9 Å². The van der Waals surface area contributed by atoms with Gasteiger partial charge >= 0.3 is 0 Å². The maximum Gasteiger partial charge on any atom is 0.163 e. The van der Waals surface area contributed by atoms with Gasteiger partial charge in [0.2, 0.25) is 0 Å². The molecule has 6 aromatic heterocycles. The molecule has 12 rings (SSSR count). The summed E-state index contributed by atoms with van der Waals surface area (Å²) in [7, 11) is 0. The van der Waals surface area contributed by atoms with Crippen molar-refractivity contribution in [2.24, 2.45) is 0 Å². The first-order chi connectivity index (χ1) is 36.2. The van der Waals surface area contributed by atoms with E-state index < -0.39 is 0 Å². The number of aromatic nitrogens is 14. The van der Waals surface area contributed by atoms with Crippen LogP contribution in [0, 0.1) is 85.0 Å². The zero-order chi connectivity index (χ0) is 52.0. The fourth-order valence-corrected chi connectivity index (χ4v) is 10.4. The first-order valence-corrected chi connectivity index (χ1v) is 24.3. The van der Waals surface area contributed by atoms with Gasteiger partial charge in [0.05, 0.1) is 56.7 Å². The van der Waals surface area contributed by atoms with Crippen molar-refractivity contribution in [3.8, 4) is 80.2 Å². The molecular formula is C59H44N16. The standard InChI is InChI=1S/C59H44N16/c1-29-20-38(27-60)10-15-44(29)55-53(74-49-16-11-40(56-66-30(2)62-31(3)67-56)23-45(49)46-24-41(12-17-50(46)74)57-68-32(4)63-33(5)69-57)21-39(28-61)22-54(55)75-51-18-13-42(58-70-34(6)64-35(7)71-58)25-47(51)48-26-43(14-19-52(48)75)59-72-36(8)65-37(9)73-59/h10-26H,1-9H3. The molecule has 6 heterocycles. The van der Waals surface area contributed by atoms with Crippen LogP contribution in [0.3, 0.4) is 0 Å². The summed E-state index contributed by atoms with van der Waals surface area (Å²) in [6.07, 6.45) is 0. The minimum absolute atomic E-state index is 0.432. The Bertz CT molecular complexity index is 3970. The Morgan fingerprint density at radius 3 is 0.880 bits per heavy atom. The molecule has 0 unspecified atom stereocenters. The molecule has 6 aromatic carbocycles. The predicted octanol–water partition coefficient (Wildman–Crippen LogP) is 11.5. The van der Waals surface area contributed by atoms with Gasteiger partial charge in [-0.15, -0.1) is 0 Å². The molecule has 0 atom stereocenters. The largest absolute Gasteiger partial charge is 0.308 e. The van der Waals surface area contributed by atoms with Crippen LogP contribution in [0.15, 0.2) is 103 Å². The number of fused-ring (bicyclic) bond motifs is 6. The van der Waals surface area contributed by atoms with Crippen LogP contribution in [0.4, 0.5) is 0 Å². The molecule has 0 aliphatic heterocycles. The monoisotopic (exact) mass is 976 g/mol. The second-order valence-corrected chi connectivity index (χ2v) is 18.8. The maximum atomic E-state index is 11.2. The molecule has 0 radical (unpaired) electrons. The molecule has 0 aliphatic carbocycles. The summed E-state index contributed by atoms with van der Waals surface area (Å²) in [6, 6.07) is 39.5. The lowest BCUT2D eigenvalue weighted by atomic mass is 9.93. The van der Waals surface area contributed by atoms with Crippen LogP contribution in [0.5, 0.6) is 0 Å². The molecule has 0 spiro atoms. The number of hydrogen-bond donors (Lipinski definition) is 0. The number of nitrogens with zero attached hydrogens (tertiary/aromatic N) is 16. The molecule has 16 nitrogen and oxygen atoms in total. The number of hydrogen-bond acceptors (Lipinski definition) is 14. The van der Waals surface area contributed by atoms with Gasteiger partial charge in [0.15, 0.2) is 23.3 Å². The van der Waals surface area contributed by atoms with Crippen molar-refractivity contribution >= 4 is 43.6 Å². The van der Waals surface area contributed by atoms with E-state index in [9.17, 15) is 10.5 Å². The van der Waals surface area contributed by atoms with Crippen LogP contribution in [0.2, 0.25) is 0 Å². The van der Waals surface area contributed by atoms with Gasteiger partial charge in [-0.3, -0.25) is 0 Å². The molecule has 0 N–H and O–H groups in total. The minimum atomic E-state index is 0.432. The fourth-order valence-electron chi connectivity index (χ4n) is 10.4. The lowest BCUT2D eigenvalue weighted by Crippen LogP contribution is -2.06. The predicted molar refractivity (Wildman–Crippen MR) is 288 cm³/mol. The zero-order valence-electron chi connectivity index (χ0n) is 42.5. The van der Waals surface area contributed by atoms with Gasteiger partial charge in [-0.05, 0) is 171 Å². The highest BCUT2D eigenvalue weighted by atomic mass is 15.1. The number of benzene rings is 6. The Labute approximate surface area is 430 Å². The van der Waals surface area contributed by atoms with Crippen molar-refractivity contribution in [2.45, 2.75) is 62.3 Å². The second kappa shape index (κ2) is 17.6. The van der Waals surface area contributed by atoms with Gasteiger partial charge in [-0.1, -0.05) is 6.07 Å². The van der Waals surface area contributed by atoms with Crippen molar-refractivity contribution in [2.75, 3.05) is 0 Å². The first-order valence-electron chi connectivity index (χ1n) is 24.3. The van der Waals surface area contributed by atoms with E-state index in [0.29, 0.717) is 81.0 Å². The molecule has 75 heavy (non-hydrogen) atoms. The highest BCUT2D eigenvalue weighted by molar-refractivity contribution is 6.14. The molecule has 0 amide bonds. The van der Waals surface area contributed by atoms with E-state index in [-0.39, 0.29) is 0 Å². The third-order valence-corrected chi connectivity index (χ3v) is 13.3. The van der Waals surface area contributed by atoms with Gasteiger partial charge in [0.1, 0.15) is 46.6 Å². The van der Waals surface area contributed by atoms with Crippen molar-refractivity contribution in [1.29, 1.82) is 10.5 Å². The van der Waals surface area contributed by atoms with E-state index in [1.807, 2.05) is 117 Å². The summed E-state index contributed by atoms with van der Waals surface area (Å²) in [4.78, 5) is 55.9. The molecular weight excluding hydrogens is 933 g/mol. The summed E-state index contributed by atoms with van der Waals surface area (Å²) in [5.74, 6) is 7.21. The molecule has 360 valence electrons. The van der Waals surface area contributed by atoms with Gasteiger partial charge < -0.3 is 9.13 Å². The van der Waals surface area contributed by atoms with E-state index in [0.717, 1.165) is 93.9 Å². The molecule has 12 aromatic rings. The smallest absolute Gasteiger partial charge is 0.163 e. The zero-order valence-corrected chi connectivity index (χ0v) is 42.5. The van der Waals surface area contributed by atoms with Crippen LogP contribution in [-0.4, -0.2) is 68.9 Å². The summed E-state index contributed by atoms with van der Waals surface area (Å²) < 4.78 is 4.45. The van der Waals surface area contributed by atoms with E-state index in [1.165, 1.54) is 0 Å². The third kappa shape index (κ3) is 8.02. The van der Waals surface area contributed by atoms with Crippen LogP contribution < -0.4 is 0 Å². The second-order valence-electron chi connectivity index (χ2n) is 18.8. The van der Waals surface area contributed by atoms with Crippen molar-refractivity contribution < 1.29 is 0 Å². The van der Waals surface area contributed by atoms with Crippen molar-refractivity contribution in [1.82, 2.24) is 68.9 Å². The average Bonchev–Trinajstić information content (AvgIpc) is 3.91. The van der Waals surface area contributed by atoms with Gasteiger partial charge in [0.25, 0.3) is 0 Å². The summed E-state index contributed by atoms with van der Waals surface area (Å²) in [5, 5.41) is 25.0. The van der Waals surface area contributed by atoms with Gasteiger partial charge in [-0.25, -0.2) is 59.8 Å². The number of nitriles is 2. The van der Waals surface area contributed by atoms with Crippen LogP contribution in [0.25, 0.3) is 112 Å². The highest BCUT2D eigenvalue weighted by Gasteiger charge is 2.26. The lowest BCUT2D eigenvalue weighted by molar-refractivity contribution is 0.928. The first kappa shape index (κ1) is 46.0. The molecule has 16 heteroatoms. The van der Waals surface area contributed by atoms with Crippen LogP contribution >= 0.6 is 0 Å². The molecule has 0 aliphatic rings. The van der Waals surface area contributed by atoms with Crippen molar-refractivity contribution in [3.63, 3.8) is 0 Å². The third-order valence-electron chi connectivity index (χ3n) is 13.3.